The summed E-state index contributed by atoms with van der Waals surface area (Å²) in [5.74, 6) is -0.132. The second-order valence-corrected chi connectivity index (χ2v) is 9.27. The zero-order chi connectivity index (χ0) is 25.5. The Morgan fingerprint density at radius 1 is 1.09 bits per heavy atom. The highest BCUT2D eigenvalue weighted by Gasteiger charge is 2.25. The summed E-state index contributed by atoms with van der Waals surface area (Å²) in [6, 6.07) is 13.9. The van der Waals surface area contributed by atoms with E-state index in [1.807, 2.05) is 49.6 Å². The molecular formula is C28H35FN3O3. The number of halogens is 1. The van der Waals surface area contributed by atoms with Crippen LogP contribution in [0.25, 0.3) is 11.4 Å². The van der Waals surface area contributed by atoms with Gasteiger partial charge in [0, 0.05) is 18.7 Å². The van der Waals surface area contributed by atoms with Gasteiger partial charge in [-0.1, -0.05) is 50.6 Å². The minimum Gasteiger partial charge on any atom is -0.393 e. The van der Waals surface area contributed by atoms with Gasteiger partial charge >= 0.3 is 0 Å². The molecule has 0 saturated carbocycles. The number of nitrogens with one attached hydrogen (secondary N) is 1. The lowest BCUT2D eigenvalue weighted by molar-refractivity contribution is 0.0742. The Bertz CT molecular complexity index is 1110. The Morgan fingerprint density at radius 2 is 1.74 bits per heavy atom. The first-order valence-corrected chi connectivity index (χ1v) is 12.0. The molecule has 35 heavy (non-hydrogen) atoms. The van der Waals surface area contributed by atoms with E-state index in [0.29, 0.717) is 43.0 Å². The molecule has 1 aromatic heterocycles. The number of aliphatic hydroxyl groups is 2. The monoisotopic (exact) mass is 480 g/mol. The molecule has 2 atom stereocenters. The summed E-state index contributed by atoms with van der Waals surface area (Å²) in [5.41, 5.74) is 3.88. The van der Waals surface area contributed by atoms with Crippen LogP contribution in [-0.4, -0.2) is 37.9 Å². The first kappa shape index (κ1) is 26.6. The SMILES string of the molecule is [CH2]CC(O)CC(O)CCn1c(-c2ccc(F)cc2)nc(C(=O)NCc2ccc(C)cc2)c1C(C)C. The van der Waals surface area contributed by atoms with E-state index >= 15 is 0 Å². The van der Waals surface area contributed by atoms with Crippen LogP contribution in [0.5, 0.6) is 0 Å². The van der Waals surface area contributed by atoms with Crippen LogP contribution in [0.15, 0.2) is 48.5 Å². The van der Waals surface area contributed by atoms with Crippen LogP contribution in [0.1, 0.15) is 66.3 Å². The summed E-state index contributed by atoms with van der Waals surface area (Å²) in [5, 5.41) is 23.2. The molecular weight excluding hydrogens is 445 g/mol. The fourth-order valence-corrected chi connectivity index (χ4v) is 4.06. The second-order valence-electron chi connectivity index (χ2n) is 9.27. The molecule has 0 aliphatic rings. The standard InChI is InChI=1S/C28H35FN3O3/c1-5-23(33)16-24(34)14-15-32-26(18(2)3)25(31-27(32)21-10-12-22(29)13-11-21)28(35)30-17-20-8-6-19(4)7-9-20/h6-13,18,23-24,33-34H,1,5,14-17H2,2-4H3,(H,30,35). The van der Waals surface area contributed by atoms with E-state index in [-0.39, 0.29) is 24.1 Å². The van der Waals surface area contributed by atoms with Gasteiger partial charge in [-0.2, -0.15) is 0 Å². The summed E-state index contributed by atoms with van der Waals surface area (Å²) in [6.45, 7) is 10.4. The third kappa shape index (κ3) is 6.99. The van der Waals surface area contributed by atoms with E-state index < -0.39 is 12.2 Å². The molecule has 7 heteroatoms. The van der Waals surface area contributed by atoms with E-state index in [1.165, 1.54) is 12.1 Å². The van der Waals surface area contributed by atoms with Crippen molar-refractivity contribution in [2.24, 2.45) is 0 Å². The van der Waals surface area contributed by atoms with Crippen LogP contribution < -0.4 is 5.32 Å². The number of nitrogens with zero attached hydrogens (tertiary/aromatic N) is 2. The molecule has 0 bridgehead atoms. The number of aromatic nitrogens is 2. The van der Waals surface area contributed by atoms with Crippen LogP contribution in [0.2, 0.25) is 0 Å². The average Bonchev–Trinajstić information content (AvgIpc) is 3.22. The molecule has 1 radical (unpaired) electrons. The van der Waals surface area contributed by atoms with Crippen molar-refractivity contribution >= 4 is 5.91 Å². The van der Waals surface area contributed by atoms with Crippen molar-refractivity contribution in [3.05, 3.63) is 83.8 Å². The first-order valence-electron chi connectivity index (χ1n) is 12.0. The van der Waals surface area contributed by atoms with Gasteiger partial charge in [-0.15, -0.1) is 0 Å². The van der Waals surface area contributed by atoms with Crippen LogP contribution >= 0.6 is 0 Å². The molecule has 0 spiro atoms. The fourth-order valence-electron chi connectivity index (χ4n) is 4.06. The van der Waals surface area contributed by atoms with Crippen molar-refractivity contribution in [2.75, 3.05) is 0 Å². The molecule has 0 aliphatic carbocycles. The maximum atomic E-state index is 13.6. The number of hydrogen-bond acceptors (Lipinski definition) is 4. The normalized spacial score (nSPS) is 13.1. The van der Waals surface area contributed by atoms with Gasteiger partial charge in [0.05, 0.1) is 17.9 Å². The van der Waals surface area contributed by atoms with Gasteiger partial charge in [-0.25, -0.2) is 9.37 Å². The predicted molar refractivity (Wildman–Crippen MR) is 135 cm³/mol. The lowest BCUT2D eigenvalue weighted by Crippen LogP contribution is -2.25. The molecule has 2 unspecified atom stereocenters. The van der Waals surface area contributed by atoms with E-state index in [0.717, 1.165) is 16.8 Å². The van der Waals surface area contributed by atoms with Crippen LogP contribution in [0.3, 0.4) is 0 Å². The molecule has 0 aliphatic heterocycles. The largest absolute Gasteiger partial charge is 0.393 e. The topological polar surface area (TPSA) is 87.4 Å². The number of hydrogen-bond donors (Lipinski definition) is 3. The number of rotatable bonds is 11. The van der Waals surface area contributed by atoms with Gasteiger partial charge in [0.2, 0.25) is 0 Å². The molecule has 6 nitrogen and oxygen atoms in total. The molecule has 2 aromatic carbocycles. The van der Waals surface area contributed by atoms with Gasteiger partial charge < -0.3 is 20.1 Å². The van der Waals surface area contributed by atoms with Crippen molar-refractivity contribution < 1.29 is 19.4 Å². The number of carbonyl (C=O) groups is 1. The molecule has 0 fully saturated rings. The summed E-state index contributed by atoms with van der Waals surface area (Å²) >= 11 is 0. The predicted octanol–water partition coefficient (Wildman–Crippen LogP) is 4.78. The second kappa shape index (κ2) is 12.1. The summed E-state index contributed by atoms with van der Waals surface area (Å²) < 4.78 is 15.5. The van der Waals surface area contributed by atoms with E-state index in [1.54, 1.807) is 12.1 Å². The minimum atomic E-state index is -0.728. The minimum absolute atomic E-state index is 0.0283. The quantitative estimate of drug-likeness (QED) is 0.369. The lowest BCUT2D eigenvalue weighted by Gasteiger charge is -2.18. The van der Waals surface area contributed by atoms with Crippen LogP contribution in [0, 0.1) is 19.7 Å². The van der Waals surface area contributed by atoms with Crippen molar-refractivity contribution in [1.29, 1.82) is 0 Å². The van der Waals surface area contributed by atoms with Crippen LogP contribution in [-0.2, 0) is 13.1 Å². The smallest absolute Gasteiger partial charge is 0.272 e. The number of carbonyl (C=O) groups excluding carboxylic acids is 1. The van der Waals surface area contributed by atoms with Crippen LogP contribution in [0.4, 0.5) is 4.39 Å². The van der Waals surface area contributed by atoms with Crippen molar-refractivity contribution in [3.63, 3.8) is 0 Å². The van der Waals surface area contributed by atoms with Gasteiger partial charge in [-0.05, 0) is 61.9 Å². The van der Waals surface area contributed by atoms with Crippen molar-refractivity contribution in [3.8, 4) is 11.4 Å². The number of imidazole rings is 1. The highest BCUT2D eigenvalue weighted by atomic mass is 19.1. The van der Waals surface area contributed by atoms with E-state index in [2.05, 4.69) is 12.2 Å². The third-order valence-electron chi connectivity index (χ3n) is 6.01. The highest BCUT2D eigenvalue weighted by Crippen LogP contribution is 2.29. The van der Waals surface area contributed by atoms with Gasteiger partial charge in [0.25, 0.3) is 5.91 Å². The lowest BCUT2D eigenvalue weighted by atomic mass is 10.1. The van der Waals surface area contributed by atoms with E-state index in [4.69, 9.17) is 4.98 Å². The maximum Gasteiger partial charge on any atom is 0.272 e. The Labute approximate surface area is 206 Å². The molecule has 187 valence electrons. The average molecular weight is 481 g/mol. The Hall–Kier alpha value is -3.03. The number of aryl methyl sites for hydroxylation is 1. The maximum absolute atomic E-state index is 13.6. The number of benzene rings is 2. The zero-order valence-electron chi connectivity index (χ0n) is 20.7. The Kier molecular flexibility index (Phi) is 9.18. The molecule has 1 heterocycles. The molecule has 1 amide bonds. The third-order valence-corrected chi connectivity index (χ3v) is 6.01. The van der Waals surface area contributed by atoms with Crippen molar-refractivity contribution in [1.82, 2.24) is 14.9 Å². The summed E-state index contributed by atoms with van der Waals surface area (Å²) in [7, 11) is 0. The van der Waals surface area contributed by atoms with Gasteiger partial charge in [0.15, 0.2) is 0 Å². The highest BCUT2D eigenvalue weighted by molar-refractivity contribution is 5.94. The zero-order valence-corrected chi connectivity index (χ0v) is 20.7. The van der Waals surface area contributed by atoms with Gasteiger partial charge in [0.1, 0.15) is 17.3 Å². The Balaban J connectivity index is 1.93. The molecule has 0 saturated heterocycles. The molecule has 3 N–H and O–H groups in total. The van der Waals surface area contributed by atoms with E-state index in [9.17, 15) is 19.4 Å². The Morgan fingerprint density at radius 3 is 2.34 bits per heavy atom. The fraction of sp³-hybridized carbons (Fsp3) is 0.393. The van der Waals surface area contributed by atoms with Gasteiger partial charge in [-0.3, -0.25) is 4.79 Å². The number of aliphatic hydroxyl groups excluding tert-OH is 2. The summed E-state index contributed by atoms with van der Waals surface area (Å²) in [4.78, 5) is 17.9. The molecule has 3 rings (SSSR count). The number of amides is 1. The first-order chi connectivity index (χ1) is 16.7. The molecule has 3 aromatic rings. The van der Waals surface area contributed by atoms with Crippen molar-refractivity contribution in [2.45, 2.75) is 71.2 Å². The summed E-state index contributed by atoms with van der Waals surface area (Å²) in [6.07, 6.45) is -0.478.